The van der Waals surface area contributed by atoms with E-state index in [4.69, 9.17) is 10.9 Å². The summed E-state index contributed by atoms with van der Waals surface area (Å²) in [6.45, 7) is 3.28. The Labute approximate surface area is 121 Å². The number of aryl methyl sites for hydroxylation is 1. The molecule has 110 valence electrons. The van der Waals surface area contributed by atoms with Gasteiger partial charge in [0, 0.05) is 19.0 Å². The van der Waals surface area contributed by atoms with Crippen molar-refractivity contribution >= 4 is 23.3 Å². The Morgan fingerprint density at radius 1 is 1.55 bits per heavy atom. The maximum atomic E-state index is 12.4. The van der Waals surface area contributed by atoms with Crippen molar-refractivity contribution < 1.29 is 10.0 Å². The molecule has 3 N–H and O–H groups in total. The molecule has 7 nitrogen and oxygen atoms in total. The fourth-order valence-corrected chi connectivity index (χ4v) is 3.05. The summed E-state index contributed by atoms with van der Waals surface area (Å²) in [5.41, 5.74) is 6.40. The first-order chi connectivity index (χ1) is 9.67. The summed E-state index contributed by atoms with van der Waals surface area (Å²) in [7, 11) is 0. The highest BCUT2D eigenvalue weighted by Crippen LogP contribution is 2.21. The van der Waals surface area contributed by atoms with E-state index in [1.54, 1.807) is 4.90 Å². The Bertz CT molecular complexity index is 494. The standard InChI is InChI=1S/C12H19N5O2S/c1-2-3-9-10(20-16-14-9)12(18)17-6-4-8(5-7-17)11(13)15-19/h8,19H,2-7H2,1H3,(H2,13,15). The average Bonchev–Trinajstić information content (AvgIpc) is 2.94. The number of piperidine rings is 1. The minimum absolute atomic E-state index is 0.00130. The van der Waals surface area contributed by atoms with Gasteiger partial charge < -0.3 is 15.8 Å². The molecule has 0 aromatic carbocycles. The molecule has 1 aromatic rings. The van der Waals surface area contributed by atoms with Gasteiger partial charge in [0.05, 0.1) is 5.69 Å². The van der Waals surface area contributed by atoms with Crippen LogP contribution in [-0.4, -0.2) is 44.5 Å². The number of nitrogens with two attached hydrogens (primary N) is 1. The summed E-state index contributed by atoms with van der Waals surface area (Å²) < 4.78 is 3.89. The number of amides is 1. The van der Waals surface area contributed by atoms with Crippen LogP contribution in [0.3, 0.4) is 0 Å². The van der Waals surface area contributed by atoms with Crippen LogP contribution < -0.4 is 5.73 Å². The van der Waals surface area contributed by atoms with Crippen molar-refractivity contribution in [1.82, 2.24) is 14.5 Å². The van der Waals surface area contributed by atoms with Crippen LogP contribution in [0.4, 0.5) is 0 Å². The molecule has 0 bridgehead atoms. The van der Waals surface area contributed by atoms with E-state index < -0.39 is 0 Å². The van der Waals surface area contributed by atoms with E-state index >= 15 is 0 Å². The molecule has 1 aromatic heterocycles. The number of likely N-dealkylation sites (tertiary alicyclic amines) is 1. The summed E-state index contributed by atoms with van der Waals surface area (Å²) >= 11 is 1.16. The number of hydrogen-bond donors (Lipinski definition) is 2. The van der Waals surface area contributed by atoms with E-state index in [1.807, 2.05) is 0 Å². The molecule has 0 radical (unpaired) electrons. The van der Waals surface area contributed by atoms with Crippen molar-refractivity contribution in [2.75, 3.05) is 13.1 Å². The van der Waals surface area contributed by atoms with E-state index in [-0.39, 0.29) is 17.7 Å². The van der Waals surface area contributed by atoms with E-state index in [1.165, 1.54) is 0 Å². The second kappa shape index (κ2) is 6.65. The monoisotopic (exact) mass is 297 g/mol. The predicted octanol–water partition coefficient (Wildman–Crippen LogP) is 1.09. The predicted molar refractivity (Wildman–Crippen MR) is 75.9 cm³/mol. The van der Waals surface area contributed by atoms with Gasteiger partial charge in [-0.05, 0) is 30.8 Å². The van der Waals surface area contributed by atoms with Crippen molar-refractivity contribution in [1.29, 1.82) is 0 Å². The maximum Gasteiger partial charge on any atom is 0.267 e. The Morgan fingerprint density at radius 3 is 2.85 bits per heavy atom. The first-order valence-electron chi connectivity index (χ1n) is 6.75. The van der Waals surface area contributed by atoms with Crippen LogP contribution in [0.1, 0.15) is 41.6 Å². The molecule has 0 unspecified atom stereocenters. The van der Waals surface area contributed by atoms with Crippen LogP contribution in [0.15, 0.2) is 5.16 Å². The number of nitrogens with zero attached hydrogens (tertiary/aromatic N) is 4. The van der Waals surface area contributed by atoms with E-state index in [2.05, 4.69) is 21.7 Å². The third-order valence-corrected chi connectivity index (χ3v) is 4.31. The van der Waals surface area contributed by atoms with Gasteiger partial charge in [0.15, 0.2) is 0 Å². The van der Waals surface area contributed by atoms with Crippen LogP contribution in [0.25, 0.3) is 0 Å². The highest BCUT2D eigenvalue weighted by molar-refractivity contribution is 7.08. The van der Waals surface area contributed by atoms with Crippen molar-refractivity contribution in [3.63, 3.8) is 0 Å². The lowest BCUT2D eigenvalue weighted by atomic mass is 9.95. The van der Waals surface area contributed by atoms with Gasteiger partial charge in [0.25, 0.3) is 5.91 Å². The minimum atomic E-state index is 0.00130. The molecule has 1 aliphatic rings. The van der Waals surface area contributed by atoms with E-state index in [9.17, 15) is 4.79 Å². The highest BCUT2D eigenvalue weighted by atomic mass is 32.1. The first kappa shape index (κ1) is 14.7. The Kier molecular flexibility index (Phi) is 4.89. The molecule has 20 heavy (non-hydrogen) atoms. The zero-order valence-corrected chi connectivity index (χ0v) is 12.3. The summed E-state index contributed by atoms with van der Waals surface area (Å²) in [6.07, 6.45) is 3.16. The summed E-state index contributed by atoms with van der Waals surface area (Å²) in [5.74, 6) is 0.309. The van der Waals surface area contributed by atoms with Gasteiger partial charge >= 0.3 is 0 Å². The topological polar surface area (TPSA) is 105 Å². The van der Waals surface area contributed by atoms with Crippen LogP contribution in [0.2, 0.25) is 0 Å². The number of rotatable bonds is 4. The quantitative estimate of drug-likeness (QED) is 0.374. The SMILES string of the molecule is CCCc1nnsc1C(=O)N1CCC(C(N)=NO)CC1. The number of carbonyl (C=O) groups excluding carboxylic acids is 1. The van der Waals surface area contributed by atoms with Gasteiger partial charge in [0.2, 0.25) is 0 Å². The Hall–Kier alpha value is -1.70. The van der Waals surface area contributed by atoms with Crippen molar-refractivity contribution in [3.05, 3.63) is 10.6 Å². The van der Waals surface area contributed by atoms with Gasteiger partial charge in [-0.3, -0.25) is 4.79 Å². The summed E-state index contributed by atoms with van der Waals surface area (Å²) in [4.78, 5) is 14.9. The molecule has 0 spiro atoms. The molecular weight excluding hydrogens is 278 g/mol. The zero-order valence-electron chi connectivity index (χ0n) is 11.4. The van der Waals surface area contributed by atoms with Gasteiger partial charge in [-0.1, -0.05) is 23.0 Å². The average molecular weight is 297 g/mol. The zero-order chi connectivity index (χ0) is 14.5. The second-order valence-electron chi connectivity index (χ2n) is 4.89. The molecule has 2 heterocycles. The fourth-order valence-electron chi connectivity index (χ4n) is 2.38. The molecule has 0 saturated carbocycles. The Balaban J connectivity index is 1.99. The van der Waals surface area contributed by atoms with Crippen LogP contribution in [-0.2, 0) is 6.42 Å². The molecule has 1 saturated heterocycles. The highest BCUT2D eigenvalue weighted by Gasteiger charge is 2.28. The second-order valence-corrected chi connectivity index (χ2v) is 5.64. The van der Waals surface area contributed by atoms with Crippen molar-refractivity contribution in [2.24, 2.45) is 16.8 Å². The number of aromatic nitrogens is 2. The maximum absolute atomic E-state index is 12.4. The van der Waals surface area contributed by atoms with E-state index in [0.717, 1.165) is 42.9 Å². The molecule has 2 rings (SSSR count). The summed E-state index contributed by atoms with van der Waals surface area (Å²) in [5, 5.41) is 15.7. The van der Waals surface area contributed by atoms with Gasteiger partial charge in [-0.25, -0.2) is 0 Å². The first-order valence-corrected chi connectivity index (χ1v) is 7.52. The van der Waals surface area contributed by atoms with E-state index in [0.29, 0.717) is 18.0 Å². The molecule has 8 heteroatoms. The van der Waals surface area contributed by atoms with Gasteiger partial charge in [-0.15, -0.1) is 5.10 Å². The molecular formula is C12H19N5O2S. The number of amidine groups is 1. The molecule has 1 aliphatic heterocycles. The smallest absolute Gasteiger partial charge is 0.267 e. The number of hydrogen-bond acceptors (Lipinski definition) is 6. The third-order valence-electron chi connectivity index (χ3n) is 3.55. The fraction of sp³-hybridized carbons (Fsp3) is 0.667. The van der Waals surface area contributed by atoms with Crippen LogP contribution >= 0.6 is 11.5 Å². The lowest BCUT2D eigenvalue weighted by Crippen LogP contribution is -2.41. The molecule has 1 fully saturated rings. The molecule has 1 amide bonds. The van der Waals surface area contributed by atoms with Gasteiger partial charge in [0.1, 0.15) is 10.7 Å². The van der Waals surface area contributed by atoms with Gasteiger partial charge in [-0.2, -0.15) is 0 Å². The van der Waals surface area contributed by atoms with Crippen molar-refractivity contribution in [2.45, 2.75) is 32.6 Å². The number of oxime groups is 1. The third kappa shape index (κ3) is 3.06. The molecule has 0 aliphatic carbocycles. The minimum Gasteiger partial charge on any atom is -0.409 e. The summed E-state index contributed by atoms with van der Waals surface area (Å²) in [6, 6.07) is 0. The normalized spacial score (nSPS) is 17.4. The molecule has 0 atom stereocenters. The largest absolute Gasteiger partial charge is 0.409 e. The van der Waals surface area contributed by atoms with Crippen LogP contribution in [0.5, 0.6) is 0 Å². The van der Waals surface area contributed by atoms with Crippen molar-refractivity contribution in [3.8, 4) is 0 Å². The van der Waals surface area contributed by atoms with Crippen LogP contribution in [0, 0.1) is 5.92 Å². The lowest BCUT2D eigenvalue weighted by Gasteiger charge is -2.31. The number of carbonyl (C=O) groups is 1. The Morgan fingerprint density at radius 2 is 2.25 bits per heavy atom. The lowest BCUT2D eigenvalue weighted by molar-refractivity contribution is 0.0712.